The van der Waals surface area contributed by atoms with Gasteiger partial charge in [-0.25, -0.2) is 15.0 Å². The van der Waals surface area contributed by atoms with Gasteiger partial charge in [-0.15, -0.1) is 12.4 Å². The molecule has 0 saturated carbocycles. The molecule has 6 aromatic rings. The summed E-state index contributed by atoms with van der Waals surface area (Å²) in [6.07, 6.45) is 14.9. The number of nitrogens with zero attached hydrogens (tertiary/aromatic N) is 6. The lowest BCUT2D eigenvalue weighted by Crippen LogP contribution is -2.57. The van der Waals surface area contributed by atoms with Crippen LogP contribution in [0.25, 0.3) is 0 Å². The zero-order valence-corrected chi connectivity index (χ0v) is 41.5. The molecule has 0 unspecified atom stereocenters. The highest BCUT2D eigenvalue weighted by Gasteiger charge is 2.45. The molecule has 6 rings (SSSR count). The van der Waals surface area contributed by atoms with E-state index in [0.29, 0.717) is 75.2 Å². The number of rotatable bonds is 27. The van der Waals surface area contributed by atoms with Crippen molar-refractivity contribution >= 4 is 64.5 Å². The van der Waals surface area contributed by atoms with E-state index in [2.05, 4.69) is 45.9 Å². The molecule has 388 valence electrons. The molecule has 22 heteroatoms. The van der Waals surface area contributed by atoms with Crippen molar-refractivity contribution in [1.82, 2.24) is 29.9 Å². The Hall–Kier alpha value is -7.63. The molecule has 0 aliphatic carbocycles. The van der Waals surface area contributed by atoms with E-state index in [1.807, 2.05) is 0 Å². The van der Waals surface area contributed by atoms with Crippen LogP contribution in [0.1, 0.15) is 112 Å². The predicted molar refractivity (Wildman–Crippen MR) is 282 cm³/mol. The van der Waals surface area contributed by atoms with Crippen LogP contribution in [0.4, 0.5) is 17.1 Å². The quantitative estimate of drug-likeness (QED) is 0.0154. The number of Topliss-reactive ketones (excluding diaryl/α,β-unsaturated/α-hetero) is 3. The SMILES string of the molecule is Cl.NCCCC[C@@](N)(C(=O)Nc1ccc(C(c2ccc(NC(=O)[C@](N)(CCCCN)C(=O)c3cnccn3)cc2)c2ccc(NC(=O)[C@](N)(CCCCN)C(=O)c3cnccn3)cc2)cc1)C(=O)c1cnccn1. The molecule has 0 saturated heterocycles. The highest BCUT2D eigenvalue weighted by atomic mass is 35.5. The first kappa shape index (κ1) is 57.3. The largest absolute Gasteiger partial charge is 0.330 e. The minimum absolute atomic E-state index is 0. The Labute approximate surface area is 434 Å². The Kier molecular flexibility index (Phi) is 20.8. The first-order valence-corrected chi connectivity index (χ1v) is 23.8. The first-order valence-electron chi connectivity index (χ1n) is 23.8. The summed E-state index contributed by atoms with van der Waals surface area (Å²) < 4.78 is 0. The van der Waals surface area contributed by atoms with E-state index >= 15 is 0 Å². The average Bonchev–Trinajstić information content (AvgIpc) is 3.42. The van der Waals surface area contributed by atoms with E-state index in [1.165, 1.54) is 55.8 Å². The second kappa shape index (κ2) is 26.9. The van der Waals surface area contributed by atoms with E-state index in [9.17, 15) is 28.8 Å². The van der Waals surface area contributed by atoms with Gasteiger partial charge in [0.05, 0.1) is 18.6 Å². The summed E-state index contributed by atoms with van der Waals surface area (Å²) in [4.78, 5) is 107. The molecule has 3 aromatic carbocycles. The third-order valence-corrected chi connectivity index (χ3v) is 12.4. The molecule has 0 radical (unpaired) electrons. The number of carbonyl (C=O) groups excluding carboxylic acids is 6. The highest BCUT2D eigenvalue weighted by Crippen LogP contribution is 2.35. The third-order valence-electron chi connectivity index (χ3n) is 12.4. The molecular formula is C52H62ClN15O6. The van der Waals surface area contributed by atoms with Crippen LogP contribution in [0.15, 0.2) is 129 Å². The minimum Gasteiger partial charge on any atom is -0.330 e. The van der Waals surface area contributed by atoms with Crippen LogP contribution in [0.5, 0.6) is 0 Å². The zero-order chi connectivity index (χ0) is 52.4. The molecular weight excluding hydrogens is 966 g/mol. The van der Waals surface area contributed by atoms with Gasteiger partial charge >= 0.3 is 0 Å². The molecule has 15 N–H and O–H groups in total. The number of carbonyl (C=O) groups is 6. The number of nitrogens with two attached hydrogens (primary N) is 6. The van der Waals surface area contributed by atoms with Crippen molar-refractivity contribution in [3.05, 3.63) is 162 Å². The van der Waals surface area contributed by atoms with Crippen molar-refractivity contribution in [2.75, 3.05) is 35.6 Å². The topological polar surface area (TPSA) is 372 Å². The molecule has 0 aliphatic heterocycles. The standard InChI is InChI=1S/C52H61N15O6.ClH/c53-22-4-1-19-50(56,44(68)40-31-59-25-28-62-40)47(71)65-37-13-7-34(8-14-37)43(35-9-15-38(16-10-35)66-48(72)51(57,20-2-5-23-54)45(69)41-32-60-26-29-63-41)36-11-17-39(18-12-36)67-49(73)52(58,21-3-6-24-55)46(70)42-33-61-27-30-64-42;/h7-18,25-33,43H,1-6,19-24,53-58H2,(H,65,71)(H,66,72)(H,67,73);1H/t50-,51-,52-;/m0./s1. The van der Waals surface area contributed by atoms with Gasteiger partial charge in [-0.2, -0.15) is 0 Å². The number of nitrogens with one attached hydrogen (secondary N) is 3. The van der Waals surface area contributed by atoms with E-state index in [-0.39, 0.29) is 48.8 Å². The van der Waals surface area contributed by atoms with Gasteiger partial charge in [0.2, 0.25) is 17.3 Å². The van der Waals surface area contributed by atoms with Crippen molar-refractivity contribution in [2.45, 2.75) is 80.3 Å². The van der Waals surface area contributed by atoms with Gasteiger partial charge in [-0.05, 0) is 131 Å². The van der Waals surface area contributed by atoms with Crippen molar-refractivity contribution in [1.29, 1.82) is 0 Å². The van der Waals surface area contributed by atoms with Crippen molar-refractivity contribution in [3.63, 3.8) is 0 Å². The van der Waals surface area contributed by atoms with Crippen LogP contribution in [0, 0.1) is 0 Å². The maximum absolute atomic E-state index is 13.9. The van der Waals surface area contributed by atoms with Gasteiger partial charge in [0.15, 0.2) is 16.6 Å². The van der Waals surface area contributed by atoms with Crippen LogP contribution in [0.2, 0.25) is 0 Å². The fourth-order valence-corrected chi connectivity index (χ4v) is 8.15. The van der Waals surface area contributed by atoms with Crippen molar-refractivity contribution in [3.8, 4) is 0 Å². The predicted octanol–water partition coefficient (Wildman–Crippen LogP) is 3.60. The van der Waals surface area contributed by atoms with Crippen LogP contribution < -0.4 is 50.4 Å². The van der Waals surface area contributed by atoms with Crippen LogP contribution >= 0.6 is 12.4 Å². The Morgan fingerprint density at radius 3 is 0.878 bits per heavy atom. The maximum atomic E-state index is 13.9. The van der Waals surface area contributed by atoms with Crippen LogP contribution in [-0.2, 0) is 14.4 Å². The molecule has 74 heavy (non-hydrogen) atoms. The summed E-state index contributed by atoms with van der Waals surface area (Å²) in [6.45, 7) is 1.04. The summed E-state index contributed by atoms with van der Waals surface area (Å²) in [5.74, 6) is -4.78. The van der Waals surface area contributed by atoms with Gasteiger partial charge in [-0.1, -0.05) is 36.4 Å². The van der Waals surface area contributed by atoms with Gasteiger partial charge in [-0.3, -0.25) is 43.7 Å². The molecule has 3 amide bonds. The number of ketones is 3. The normalized spacial score (nSPS) is 13.5. The molecule has 3 atom stereocenters. The van der Waals surface area contributed by atoms with Crippen LogP contribution in [0.3, 0.4) is 0 Å². The van der Waals surface area contributed by atoms with Crippen molar-refractivity contribution in [2.24, 2.45) is 34.4 Å². The minimum atomic E-state index is -1.98. The number of halogens is 1. The lowest BCUT2D eigenvalue weighted by Gasteiger charge is -2.27. The van der Waals surface area contributed by atoms with E-state index in [0.717, 1.165) is 16.7 Å². The lowest BCUT2D eigenvalue weighted by molar-refractivity contribution is -0.120. The lowest BCUT2D eigenvalue weighted by atomic mass is 9.84. The Morgan fingerprint density at radius 2 is 0.662 bits per heavy atom. The summed E-state index contributed by atoms with van der Waals surface area (Å²) >= 11 is 0. The second-order valence-corrected chi connectivity index (χ2v) is 17.6. The van der Waals surface area contributed by atoms with E-state index in [1.54, 1.807) is 72.8 Å². The van der Waals surface area contributed by atoms with Crippen molar-refractivity contribution < 1.29 is 28.8 Å². The number of hydrogen-bond donors (Lipinski definition) is 9. The number of anilines is 3. The second-order valence-electron chi connectivity index (χ2n) is 17.6. The van der Waals surface area contributed by atoms with Gasteiger partial charge in [0.1, 0.15) is 17.1 Å². The molecule has 3 aromatic heterocycles. The fourth-order valence-electron chi connectivity index (χ4n) is 8.15. The number of hydrogen-bond acceptors (Lipinski definition) is 18. The fraction of sp³-hybridized carbons (Fsp3) is 0.308. The number of aromatic nitrogens is 6. The summed E-state index contributed by atoms with van der Waals surface area (Å²) in [5, 5.41) is 8.43. The van der Waals surface area contributed by atoms with Crippen LogP contribution in [-0.4, -0.2) is 101 Å². The molecule has 0 aliphatic rings. The molecule has 0 spiro atoms. The van der Waals surface area contributed by atoms with Gasteiger partial charge in [0.25, 0.3) is 17.7 Å². The third kappa shape index (κ3) is 13.9. The Balaban J connectivity index is 0.0000101. The molecule has 3 heterocycles. The highest BCUT2D eigenvalue weighted by molar-refractivity contribution is 6.22. The summed E-state index contributed by atoms with van der Waals surface area (Å²) in [6, 6.07) is 20.9. The summed E-state index contributed by atoms with van der Waals surface area (Å²) in [5.41, 5.74) is 34.2. The number of benzene rings is 3. The monoisotopic (exact) mass is 1030 g/mol. The molecule has 21 nitrogen and oxygen atoms in total. The van der Waals surface area contributed by atoms with Gasteiger partial charge < -0.3 is 50.4 Å². The average molecular weight is 1030 g/mol. The smallest absolute Gasteiger partial charge is 0.252 e. The number of amides is 3. The van der Waals surface area contributed by atoms with Gasteiger partial charge in [0, 0.05) is 60.2 Å². The molecule has 0 fully saturated rings. The Morgan fingerprint density at radius 1 is 0.405 bits per heavy atom. The summed E-state index contributed by atoms with van der Waals surface area (Å²) in [7, 11) is 0. The van der Waals surface area contributed by atoms with E-state index < -0.39 is 57.6 Å². The molecule has 0 bridgehead atoms. The Bertz CT molecular complexity index is 2510. The first-order chi connectivity index (χ1) is 35.2. The maximum Gasteiger partial charge on any atom is 0.252 e. The zero-order valence-electron chi connectivity index (χ0n) is 40.7. The van der Waals surface area contributed by atoms with E-state index in [4.69, 9.17) is 34.4 Å². The number of unbranched alkanes of at least 4 members (excludes halogenated alkanes) is 3.